The van der Waals surface area contributed by atoms with Crippen molar-refractivity contribution < 1.29 is 9.90 Å². The summed E-state index contributed by atoms with van der Waals surface area (Å²) in [7, 11) is 0. The van der Waals surface area contributed by atoms with Gasteiger partial charge in [0.25, 0.3) is 0 Å². The Balaban J connectivity index is 2.32. The molecule has 0 radical (unpaired) electrons. The van der Waals surface area contributed by atoms with Crippen LogP contribution in [0, 0.1) is 5.92 Å². The van der Waals surface area contributed by atoms with Gasteiger partial charge in [-0.05, 0) is 5.56 Å². The van der Waals surface area contributed by atoms with Gasteiger partial charge in [0, 0.05) is 5.92 Å². The van der Waals surface area contributed by atoms with E-state index in [9.17, 15) is 9.90 Å². The van der Waals surface area contributed by atoms with Gasteiger partial charge in [-0.1, -0.05) is 54.6 Å². The Morgan fingerprint density at radius 3 is 2.27 bits per heavy atom. The van der Waals surface area contributed by atoms with Gasteiger partial charge >= 0.3 is 5.97 Å². The molecule has 1 aliphatic carbocycles. The maximum absolute atomic E-state index is 11.2. The second-order valence-electron chi connectivity index (χ2n) is 3.57. The highest BCUT2D eigenvalue weighted by molar-refractivity contribution is 5.77. The number of hydrogen-bond acceptors (Lipinski definition) is 1. The molecule has 2 nitrogen and oxygen atoms in total. The number of carbonyl (C=O) groups is 1. The fraction of sp³-hybridized carbons (Fsp3) is 0.154. The molecule has 2 rings (SSSR count). The van der Waals surface area contributed by atoms with Crippen molar-refractivity contribution in [3.05, 3.63) is 60.2 Å². The van der Waals surface area contributed by atoms with E-state index >= 15 is 0 Å². The van der Waals surface area contributed by atoms with Crippen molar-refractivity contribution in [1.82, 2.24) is 0 Å². The second kappa shape index (κ2) is 4.13. The molecule has 1 aromatic carbocycles. The molecule has 0 aliphatic heterocycles. The second-order valence-corrected chi connectivity index (χ2v) is 3.57. The third kappa shape index (κ3) is 1.99. The van der Waals surface area contributed by atoms with Gasteiger partial charge < -0.3 is 5.11 Å². The zero-order chi connectivity index (χ0) is 10.7. The van der Waals surface area contributed by atoms with Crippen LogP contribution in [0.15, 0.2) is 54.6 Å². The smallest absolute Gasteiger partial charge is 0.311 e. The van der Waals surface area contributed by atoms with Crippen molar-refractivity contribution in [2.24, 2.45) is 5.92 Å². The zero-order valence-electron chi connectivity index (χ0n) is 8.21. The minimum absolute atomic E-state index is 0.0232. The quantitative estimate of drug-likeness (QED) is 0.814. The molecular weight excluding hydrogens is 188 g/mol. The van der Waals surface area contributed by atoms with Crippen molar-refractivity contribution in [2.45, 2.75) is 5.92 Å². The Kier molecular flexibility index (Phi) is 2.68. The minimum Gasteiger partial charge on any atom is -0.481 e. The van der Waals surface area contributed by atoms with Crippen LogP contribution in [0.4, 0.5) is 0 Å². The SMILES string of the molecule is O=C(O)C(c1ccccc1)C1C=CC=C1. The van der Waals surface area contributed by atoms with Crippen LogP contribution in [0.3, 0.4) is 0 Å². The number of benzene rings is 1. The largest absolute Gasteiger partial charge is 0.481 e. The summed E-state index contributed by atoms with van der Waals surface area (Å²) in [6, 6.07) is 9.35. The van der Waals surface area contributed by atoms with E-state index in [1.807, 2.05) is 54.6 Å². The first-order valence-corrected chi connectivity index (χ1v) is 4.92. The lowest BCUT2D eigenvalue weighted by atomic mass is 9.87. The van der Waals surface area contributed by atoms with Crippen molar-refractivity contribution in [2.75, 3.05) is 0 Å². The number of carboxylic acid groups (broad SMARTS) is 1. The highest BCUT2D eigenvalue weighted by atomic mass is 16.4. The Hall–Kier alpha value is -1.83. The predicted molar refractivity (Wildman–Crippen MR) is 58.6 cm³/mol. The first-order chi connectivity index (χ1) is 7.29. The maximum atomic E-state index is 11.2. The van der Waals surface area contributed by atoms with Gasteiger partial charge in [0.15, 0.2) is 0 Å². The molecule has 0 saturated carbocycles. The van der Waals surface area contributed by atoms with Crippen LogP contribution in [0.25, 0.3) is 0 Å². The van der Waals surface area contributed by atoms with Crippen molar-refractivity contribution >= 4 is 5.97 Å². The molecule has 1 aromatic rings. The molecule has 0 heterocycles. The standard InChI is InChI=1S/C13H12O2/c14-13(15)12(11-8-4-5-9-11)10-6-2-1-3-7-10/h1-9,11-12H,(H,14,15). The molecule has 0 amide bonds. The summed E-state index contributed by atoms with van der Waals surface area (Å²) >= 11 is 0. The van der Waals surface area contributed by atoms with Gasteiger partial charge in [0.1, 0.15) is 0 Å². The molecule has 15 heavy (non-hydrogen) atoms. The molecule has 0 spiro atoms. The van der Waals surface area contributed by atoms with Gasteiger partial charge in [-0.3, -0.25) is 4.79 Å². The summed E-state index contributed by atoms with van der Waals surface area (Å²) in [6.45, 7) is 0. The number of aliphatic carboxylic acids is 1. The third-order valence-electron chi connectivity index (χ3n) is 2.59. The lowest BCUT2D eigenvalue weighted by molar-refractivity contribution is -0.139. The highest BCUT2D eigenvalue weighted by Crippen LogP contribution is 2.29. The Bertz CT molecular complexity index is 392. The average Bonchev–Trinajstić information content (AvgIpc) is 2.72. The molecule has 1 aliphatic rings. The van der Waals surface area contributed by atoms with E-state index in [1.165, 1.54) is 0 Å². The molecule has 0 saturated heterocycles. The number of rotatable bonds is 3. The average molecular weight is 200 g/mol. The molecule has 1 unspecified atom stereocenters. The molecule has 2 heteroatoms. The van der Waals surface area contributed by atoms with E-state index in [-0.39, 0.29) is 5.92 Å². The van der Waals surface area contributed by atoms with Gasteiger partial charge in [-0.2, -0.15) is 0 Å². The van der Waals surface area contributed by atoms with Crippen LogP contribution in [0.5, 0.6) is 0 Å². The minimum atomic E-state index is -0.776. The van der Waals surface area contributed by atoms with E-state index in [2.05, 4.69) is 0 Å². The van der Waals surface area contributed by atoms with Crippen LogP contribution in [-0.2, 0) is 4.79 Å². The highest BCUT2D eigenvalue weighted by Gasteiger charge is 2.26. The predicted octanol–water partition coefficient (Wildman–Crippen LogP) is 2.60. The summed E-state index contributed by atoms with van der Waals surface area (Å²) < 4.78 is 0. The molecule has 1 N–H and O–H groups in total. The Labute approximate surface area is 88.6 Å². The Morgan fingerprint density at radius 1 is 1.13 bits per heavy atom. The maximum Gasteiger partial charge on any atom is 0.311 e. The lowest BCUT2D eigenvalue weighted by Gasteiger charge is -2.16. The van der Waals surface area contributed by atoms with Crippen LogP contribution < -0.4 is 0 Å². The summed E-state index contributed by atoms with van der Waals surface area (Å²) in [4.78, 5) is 11.2. The molecule has 1 atom stereocenters. The summed E-state index contributed by atoms with van der Waals surface area (Å²) in [6.07, 6.45) is 7.63. The Morgan fingerprint density at radius 2 is 1.73 bits per heavy atom. The zero-order valence-corrected chi connectivity index (χ0v) is 8.21. The van der Waals surface area contributed by atoms with E-state index < -0.39 is 11.9 Å². The van der Waals surface area contributed by atoms with E-state index in [4.69, 9.17) is 0 Å². The molecular formula is C13H12O2. The third-order valence-corrected chi connectivity index (χ3v) is 2.59. The lowest BCUT2D eigenvalue weighted by Crippen LogP contribution is -2.18. The first-order valence-electron chi connectivity index (χ1n) is 4.92. The van der Waals surface area contributed by atoms with Crippen molar-refractivity contribution in [3.8, 4) is 0 Å². The van der Waals surface area contributed by atoms with Crippen LogP contribution >= 0.6 is 0 Å². The van der Waals surface area contributed by atoms with Crippen LogP contribution in [0.2, 0.25) is 0 Å². The van der Waals surface area contributed by atoms with Crippen molar-refractivity contribution in [1.29, 1.82) is 0 Å². The monoisotopic (exact) mass is 200 g/mol. The topological polar surface area (TPSA) is 37.3 Å². The van der Waals surface area contributed by atoms with E-state index in [0.717, 1.165) is 5.56 Å². The summed E-state index contributed by atoms with van der Waals surface area (Å²) in [5.74, 6) is -1.27. The number of carboxylic acids is 1. The number of hydrogen-bond donors (Lipinski definition) is 1. The molecule has 0 fully saturated rings. The van der Waals surface area contributed by atoms with Crippen LogP contribution in [0.1, 0.15) is 11.5 Å². The summed E-state index contributed by atoms with van der Waals surface area (Å²) in [5, 5.41) is 9.22. The molecule has 0 aromatic heterocycles. The van der Waals surface area contributed by atoms with Crippen molar-refractivity contribution in [3.63, 3.8) is 0 Å². The fourth-order valence-electron chi connectivity index (χ4n) is 1.86. The fourth-order valence-corrected chi connectivity index (χ4v) is 1.86. The molecule has 76 valence electrons. The van der Waals surface area contributed by atoms with E-state index in [1.54, 1.807) is 0 Å². The van der Waals surface area contributed by atoms with Gasteiger partial charge in [0.05, 0.1) is 5.92 Å². The summed E-state index contributed by atoms with van der Waals surface area (Å²) in [5.41, 5.74) is 0.853. The first kappa shape index (κ1) is 9.71. The van der Waals surface area contributed by atoms with Gasteiger partial charge in [-0.25, -0.2) is 0 Å². The molecule has 0 bridgehead atoms. The van der Waals surface area contributed by atoms with Gasteiger partial charge in [-0.15, -0.1) is 0 Å². The van der Waals surface area contributed by atoms with Crippen LogP contribution in [-0.4, -0.2) is 11.1 Å². The normalized spacial score (nSPS) is 16.8. The van der Waals surface area contributed by atoms with Gasteiger partial charge in [0.2, 0.25) is 0 Å². The number of allylic oxidation sites excluding steroid dienone is 4. The van der Waals surface area contributed by atoms with E-state index in [0.29, 0.717) is 0 Å².